The second-order valence-electron chi connectivity index (χ2n) is 6.21. The predicted molar refractivity (Wildman–Crippen MR) is 112 cm³/mol. The van der Waals surface area contributed by atoms with Gasteiger partial charge in [-0.25, -0.2) is 0 Å². The second kappa shape index (κ2) is 9.09. The Labute approximate surface area is 165 Å². The van der Waals surface area contributed by atoms with Gasteiger partial charge in [0.2, 0.25) is 0 Å². The Balaban J connectivity index is 1.83. The third-order valence-corrected chi connectivity index (χ3v) is 4.44. The summed E-state index contributed by atoms with van der Waals surface area (Å²) in [6, 6.07) is 13.9. The third kappa shape index (κ3) is 5.24. The SMILES string of the molecule is COc1ccc(C)cc1NC(=S)N(Cc1cccnc1)Cc1cccnc1. The average molecular weight is 379 g/mol. The van der Waals surface area contributed by atoms with E-state index in [0.29, 0.717) is 18.2 Å². The number of benzene rings is 1. The molecule has 0 spiro atoms. The van der Waals surface area contributed by atoms with Gasteiger partial charge in [0.1, 0.15) is 5.75 Å². The number of methoxy groups -OCH3 is 1. The molecule has 138 valence electrons. The number of hydrogen-bond acceptors (Lipinski definition) is 4. The minimum absolute atomic E-state index is 0.617. The van der Waals surface area contributed by atoms with Crippen molar-refractivity contribution < 1.29 is 4.74 Å². The summed E-state index contributed by atoms with van der Waals surface area (Å²) < 4.78 is 5.46. The number of hydrogen-bond donors (Lipinski definition) is 1. The van der Waals surface area contributed by atoms with Crippen LogP contribution in [0.2, 0.25) is 0 Å². The van der Waals surface area contributed by atoms with Crippen LogP contribution in [-0.4, -0.2) is 27.1 Å². The van der Waals surface area contributed by atoms with Crippen molar-refractivity contribution >= 4 is 23.0 Å². The van der Waals surface area contributed by atoms with Crippen molar-refractivity contribution in [3.8, 4) is 5.75 Å². The van der Waals surface area contributed by atoms with Crippen LogP contribution in [0.5, 0.6) is 5.75 Å². The van der Waals surface area contributed by atoms with Crippen molar-refractivity contribution in [1.82, 2.24) is 14.9 Å². The first-order valence-corrected chi connectivity index (χ1v) is 9.05. The van der Waals surface area contributed by atoms with Crippen molar-refractivity contribution in [1.29, 1.82) is 0 Å². The van der Waals surface area contributed by atoms with Gasteiger partial charge in [0, 0.05) is 37.9 Å². The molecule has 0 amide bonds. The molecule has 5 nitrogen and oxygen atoms in total. The minimum Gasteiger partial charge on any atom is -0.495 e. The van der Waals surface area contributed by atoms with Crippen LogP contribution in [0.1, 0.15) is 16.7 Å². The van der Waals surface area contributed by atoms with Crippen LogP contribution < -0.4 is 10.1 Å². The Morgan fingerprint density at radius 3 is 2.19 bits per heavy atom. The van der Waals surface area contributed by atoms with E-state index in [0.717, 1.165) is 28.1 Å². The zero-order valence-corrected chi connectivity index (χ0v) is 16.2. The fourth-order valence-electron chi connectivity index (χ4n) is 2.74. The molecule has 2 aromatic heterocycles. The first-order valence-electron chi connectivity index (χ1n) is 8.64. The van der Waals surface area contributed by atoms with E-state index in [4.69, 9.17) is 17.0 Å². The van der Waals surface area contributed by atoms with Crippen LogP contribution in [-0.2, 0) is 13.1 Å². The molecular weight excluding hydrogens is 356 g/mol. The molecular formula is C21H22N4OS. The summed E-state index contributed by atoms with van der Waals surface area (Å²) in [7, 11) is 1.65. The van der Waals surface area contributed by atoms with E-state index in [1.807, 2.05) is 61.8 Å². The normalized spacial score (nSPS) is 10.3. The number of anilines is 1. The van der Waals surface area contributed by atoms with E-state index < -0.39 is 0 Å². The summed E-state index contributed by atoms with van der Waals surface area (Å²) in [5.41, 5.74) is 4.15. The van der Waals surface area contributed by atoms with E-state index in [-0.39, 0.29) is 0 Å². The number of rotatable bonds is 6. The van der Waals surface area contributed by atoms with Gasteiger partial charge in [-0.05, 0) is 60.1 Å². The van der Waals surface area contributed by atoms with E-state index >= 15 is 0 Å². The number of nitrogens with zero attached hydrogens (tertiary/aromatic N) is 3. The monoisotopic (exact) mass is 378 g/mol. The largest absolute Gasteiger partial charge is 0.495 e. The fourth-order valence-corrected chi connectivity index (χ4v) is 2.98. The quantitative estimate of drug-likeness (QED) is 0.649. The number of aromatic nitrogens is 2. The summed E-state index contributed by atoms with van der Waals surface area (Å²) in [4.78, 5) is 10.5. The molecule has 1 N–H and O–H groups in total. The first-order chi connectivity index (χ1) is 13.2. The Morgan fingerprint density at radius 1 is 1.04 bits per heavy atom. The highest BCUT2D eigenvalue weighted by molar-refractivity contribution is 7.80. The molecule has 0 aliphatic carbocycles. The summed E-state index contributed by atoms with van der Waals surface area (Å²) >= 11 is 5.73. The Morgan fingerprint density at radius 2 is 1.67 bits per heavy atom. The van der Waals surface area contributed by atoms with Crippen LogP contribution in [0, 0.1) is 6.92 Å². The van der Waals surface area contributed by atoms with E-state index in [2.05, 4.69) is 20.2 Å². The van der Waals surface area contributed by atoms with Gasteiger partial charge in [0.15, 0.2) is 5.11 Å². The maximum absolute atomic E-state index is 5.73. The lowest BCUT2D eigenvalue weighted by atomic mass is 10.2. The first kappa shape index (κ1) is 18.8. The lowest BCUT2D eigenvalue weighted by molar-refractivity contribution is 0.408. The van der Waals surface area contributed by atoms with Crippen LogP contribution >= 0.6 is 12.2 Å². The minimum atomic E-state index is 0.617. The zero-order chi connectivity index (χ0) is 19.1. The molecule has 2 heterocycles. The van der Waals surface area contributed by atoms with Gasteiger partial charge >= 0.3 is 0 Å². The molecule has 0 saturated carbocycles. The third-order valence-electron chi connectivity index (χ3n) is 4.08. The molecule has 0 aliphatic heterocycles. The van der Waals surface area contributed by atoms with Gasteiger partial charge in [-0.2, -0.15) is 0 Å². The molecule has 0 aliphatic rings. The number of aryl methyl sites for hydroxylation is 1. The lowest BCUT2D eigenvalue weighted by Gasteiger charge is -2.26. The van der Waals surface area contributed by atoms with Crippen molar-refractivity contribution in [2.75, 3.05) is 12.4 Å². The van der Waals surface area contributed by atoms with E-state index in [1.54, 1.807) is 19.5 Å². The molecule has 27 heavy (non-hydrogen) atoms. The number of thiocarbonyl (C=S) groups is 1. The van der Waals surface area contributed by atoms with Crippen molar-refractivity contribution in [3.63, 3.8) is 0 Å². The van der Waals surface area contributed by atoms with Crippen molar-refractivity contribution in [2.45, 2.75) is 20.0 Å². The lowest BCUT2D eigenvalue weighted by Crippen LogP contribution is -2.34. The number of ether oxygens (including phenoxy) is 1. The van der Waals surface area contributed by atoms with Crippen LogP contribution in [0.25, 0.3) is 0 Å². The number of pyridine rings is 2. The van der Waals surface area contributed by atoms with Crippen LogP contribution in [0.3, 0.4) is 0 Å². The predicted octanol–water partition coefficient (Wildman–Crippen LogP) is 4.19. The van der Waals surface area contributed by atoms with E-state index in [9.17, 15) is 0 Å². The summed E-state index contributed by atoms with van der Waals surface area (Å²) in [6.45, 7) is 3.32. The zero-order valence-electron chi connectivity index (χ0n) is 15.4. The standard InChI is InChI=1S/C21H22N4OS/c1-16-7-8-20(26-2)19(11-16)24-21(27)25(14-17-5-3-9-22-12-17)15-18-6-4-10-23-13-18/h3-13H,14-15H2,1-2H3,(H,24,27). The highest BCUT2D eigenvalue weighted by Crippen LogP contribution is 2.26. The molecule has 0 unspecified atom stereocenters. The molecule has 0 atom stereocenters. The van der Waals surface area contributed by atoms with Crippen molar-refractivity contribution in [2.24, 2.45) is 0 Å². The van der Waals surface area contributed by atoms with Gasteiger partial charge in [0.25, 0.3) is 0 Å². The topological polar surface area (TPSA) is 50.3 Å². The maximum Gasteiger partial charge on any atom is 0.174 e. The second-order valence-corrected chi connectivity index (χ2v) is 6.60. The molecule has 6 heteroatoms. The molecule has 3 aromatic rings. The molecule has 0 fully saturated rings. The smallest absolute Gasteiger partial charge is 0.174 e. The van der Waals surface area contributed by atoms with Gasteiger partial charge < -0.3 is 15.0 Å². The average Bonchev–Trinajstić information content (AvgIpc) is 2.69. The Kier molecular flexibility index (Phi) is 6.33. The van der Waals surface area contributed by atoms with Crippen LogP contribution in [0.4, 0.5) is 5.69 Å². The highest BCUT2D eigenvalue weighted by Gasteiger charge is 2.14. The molecule has 0 radical (unpaired) electrons. The molecule has 1 aromatic carbocycles. The molecule has 0 bridgehead atoms. The Bertz CT molecular complexity index is 846. The van der Waals surface area contributed by atoms with Crippen LogP contribution in [0.15, 0.2) is 67.3 Å². The van der Waals surface area contributed by atoms with Gasteiger partial charge in [-0.15, -0.1) is 0 Å². The molecule has 3 rings (SSSR count). The highest BCUT2D eigenvalue weighted by atomic mass is 32.1. The summed E-state index contributed by atoms with van der Waals surface area (Å²) in [6.07, 6.45) is 7.24. The van der Waals surface area contributed by atoms with Gasteiger partial charge in [0.05, 0.1) is 12.8 Å². The van der Waals surface area contributed by atoms with Gasteiger partial charge in [-0.1, -0.05) is 18.2 Å². The molecule has 0 saturated heterocycles. The summed E-state index contributed by atoms with van der Waals surface area (Å²) in [5, 5.41) is 3.95. The van der Waals surface area contributed by atoms with E-state index in [1.165, 1.54) is 0 Å². The Hall–Kier alpha value is -2.99. The van der Waals surface area contributed by atoms with Crippen molar-refractivity contribution in [3.05, 3.63) is 83.9 Å². The van der Waals surface area contributed by atoms with Gasteiger partial charge in [-0.3, -0.25) is 9.97 Å². The maximum atomic E-state index is 5.73. The summed E-state index contributed by atoms with van der Waals surface area (Å²) in [5.74, 6) is 0.755. The number of nitrogens with one attached hydrogen (secondary N) is 1. The fraction of sp³-hybridized carbons (Fsp3) is 0.190.